The molecule has 0 bridgehead atoms. The standard InChI is InChI=1S/C15H25N3O3S/c1-16-14-17-12(9-22-14)13(20)18-7-3-5-15(10-18,11-19)6-4-8-21-2/h9,19H,3-8,10-11H2,1-2H3,(H,16,17)/t15-/m0/s1. The molecule has 2 rings (SSSR count). The lowest BCUT2D eigenvalue weighted by molar-refractivity contribution is 0.0177. The van der Waals surface area contributed by atoms with Gasteiger partial charge >= 0.3 is 0 Å². The second-order valence-corrected chi connectivity index (χ2v) is 6.73. The van der Waals surface area contributed by atoms with E-state index in [1.165, 1.54) is 11.3 Å². The van der Waals surface area contributed by atoms with Crippen molar-refractivity contribution in [2.75, 3.05) is 45.8 Å². The molecule has 0 radical (unpaired) electrons. The lowest BCUT2D eigenvalue weighted by atomic mass is 9.77. The van der Waals surface area contributed by atoms with Crippen LogP contribution in [0, 0.1) is 5.41 Å². The first-order chi connectivity index (χ1) is 10.6. The Hall–Kier alpha value is -1.18. The van der Waals surface area contributed by atoms with E-state index < -0.39 is 0 Å². The lowest BCUT2D eigenvalue weighted by Gasteiger charge is -2.41. The molecule has 22 heavy (non-hydrogen) atoms. The molecule has 2 N–H and O–H groups in total. The highest BCUT2D eigenvalue weighted by molar-refractivity contribution is 7.13. The third kappa shape index (κ3) is 3.97. The quantitative estimate of drug-likeness (QED) is 0.747. The largest absolute Gasteiger partial charge is 0.396 e. The van der Waals surface area contributed by atoms with Crippen LogP contribution in [0.2, 0.25) is 0 Å². The van der Waals surface area contributed by atoms with Gasteiger partial charge in [-0.2, -0.15) is 0 Å². The van der Waals surface area contributed by atoms with E-state index in [0.717, 1.165) is 37.4 Å². The molecular weight excluding hydrogens is 302 g/mol. The number of aliphatic hydroxyl groups excluding tert-OH is 1. The molecule has 1 aliphatic rings. The fourth-order valence-corrected chi connectivity index (χ4v) is 3.68. The van der Waals surface area contributed by atoms with E-state index in [2.05, 4.69) is 10.3 Å². The number of anilines is 1. The van der Waals surface area contributed by atoms with E-state index in [0.29, 0.717) is 18.8 Å². The Kier molecular flexibility index (Phi) is 6.16. The number of amides is 1. The molecule has 124 valence electrons. The Morgan fingerprint density at radius 1 is 1.64 bits per heavy atom. The van der Waals surface area contributed by atoms with Crippen LogP contribution in [-0.4, -0.2) is 61.4 Å². The number of nitrogens with zero attached hydrogens (tertiary/aromatic N) is 2. The van der Waals surface area contributed by atoms with Crippen LogP contribution < -0.4 is 5.32 Å². The van der Waals surface area contributed by atoms with Crippen molar-refractivity contribution in [1.29, 1.82) is 0 Å². The van der Waals surface area contributed by atoms with Crippen LogP contribution in [0.3, 0.4) is 0 Å². The molecule has 1 atom stereocenters. The summed E-state index contributed by atoms with van der Waals surface area (Å²) >= 11 is 1.43. The highest BCUT2D eigenvalue weighted by Gasteiger charge is 2.37. The van der Waals surface area contributed by atoms with E-state index in [1.807, 2.05) is 4.90 Å². The zero-order chi connectivity index (χ0) is 16.0. The number of carbonyl (C=O) groups is 1. The Morgan fingerprint density at radius 2 is 2.45 bits per heavy atom. The van der Waals surface area contributed by atoms with Gasteiger partial charge in [-0.05, 0) is 25.7 Å². The third-order valence-electron chi connectivity index (χ3n) is 4.28. The summed E-state index contributed by atoms with van der Waals surface area (Å²) in [5.74, 6) is -0.0398. The molecule has 1 fully saturated rings. The summed E-state index contributed by atoms with van der Waals surface area (Å²) in [6.07, 6.45) is 3.65. The number of hydrogen-bond acceptors (Lipinski definition) is 6. The number of hydrogen-bond donors (Lipinski definition) is 2. The zero-order valence-corrected chi connectivity index (χ0v) is 14.1. The minimum Gasteiger partial charge on any atom is -0.396 e. The molecule has 2 heterocycles. The van der Waals surface area contributed by atoms with Crippen molar-refractivity contribution >= 4 is 22.4 Å². The average molecular weight is 327 g/mol. The molecule has 0 aliphatic carbocycles. The maximum absolute atomic E-state index is 12.6. The highest BCUT2D eigenvalue weighted by atomic mass is 32.1. The van der Waals surface area contributed by atoms with Crippen LogP contribution in [0.1, 0.15) is 36.2 Å². The number of aromatic nitrogens is 1. The molecule has 1 aliphatic heterocycles. The van der Waals surface area contributed by atoms with Gasteiger partial charge in [-0.25, -0.2) is 4.98 Å². The third-order valence-corrected chi connectivity index (χ3v) is 5.14. The highest BCUT2D eigenvalue weighted by Crippen LogP contribution is 2.35. The second-order valence-electron chi connectivity index (χ2n) is 5.87. The SMILES string of the molecule is CNc1nc(C(=O)N2CCC[C@](CO)(CCCOC)C2)cs1. The van der Waals surface area contributed by atoms with E-state index in [9.17, 15) is 9.90 Å². The van der Waals surface area contributed by atoms with E-state index in [4.69, 9.17) is 4.74 Å². The Bertz CT molecular complexity index is 494. The number of likely N-dealkylation sites (tertiary alicyclic amines) is 1. The number of methoxy groups -OCH3 is 1. The number of ether oxygens (including phenoxy) is 1. The molecule has 1 saturated heterocycles. The summed E-state index contributed by atoms with van der Waals surface area (Å²) in [5.41, 5.74) is 0.286. The van der Waals surface area contributed by atoms with Crippen LogP contribution in [-0.2, 0) is 4.74 Å². The fraction of sp³-hybridized carbons (Fsp3) is 0.733. The normalized spacial score (nSPS) is 21.9. The number of nitrogens with one attached hydrogen (secondary N) is 1. The van der Waals surface area contributed by atoms with Crippen LogP contribution in [0.5, 0.6) is 0 Å². The predicted octanol–water partition coefficient (Wildman–Crippen LogP) is 1.83. The first-order valence-corrected chi connectivity index (χ1v) is 8.54. The van der Waals surface area contributed by atoms with Gasteiger partial charge in [-0.1, -0.05) is 0 Å². The molecule has 1 amide bonds. The molecule has 0 saturated carbocycles. The fourth-order valence-electron chi connectivity index (χ4n) is 3.03. The van der Waals surface area contributed by atoms with E-state index >= 15 is 0 Å². The Labute approximate surface area is 135 Å². The second kappa shape index (κ2) is 7.89. The Balaban J connectivity index is 2.03. The van der Waals surface area contributed by atoms with Crippen LogP contribution in [0.4, 0.5) is 5.13 Å². The average Bonchev–Trinajstić information content (AvgIpc) is 3.03. The van der Waals surface area contributed by atoms with Crippen molar-refractivity contribution in [2.24, 2.45) is 5.41 Å². The molecule has 7 heteroatoms. The summed E-state index contributed by atoms with van der Waals surface area (Å²) in [6.45, 7) is 2.13. The van der Waals surface area contributed by atoms with Gasteiger partial charge in [-0.3, -0.25) is 4.79 Å². The van der Waals surface area contributed by atoms with Crippen LogP contribution in [0.25, 0.3) is 0 Å². The monoisotopic (exact) mass is 327 g/mol. The van der Waals surface area contributed by atoms with Crippen molar-refractivity contribution in [2.45, 2.75) is 25.7 Å². The molecule has 0 aromatic carbocycles. The maximum Gasteiger partial charge on any atom is 0.273 e. The first-order valence-electron chi connectivity index (χ1n) is 7.66. The first kappa shape index (κ1) is 17.2. The number of carbonyl (C=O) groups excluding carboxylic acids is 1. The molecule has 6 nitrogen and oxygen atoms in total. The van der Waals surface area contributed by atoms with Gasteiger partial charge in [-0.15, -0.1) is 11.3 Å². The molecular formula is C15H25N3O3S. The lowest BCUT2D eigenvalue weighted by Crippen LogP contribution is -2.48. The molecule has 0 spiro atoms. The van der Waals surface area contributed by atoms with E-state index in [-0.39, 0.29) is 17.9 Å². The number of aliphatic hydroxyl groups is 1. The number of rotatable bonds is 7. The summed E-state index contributed by atoms with van der Waals surface area (Å²) < 4.78 is 5.10. The number of thiazole rings is 1. The van der Waals surface area contributed by atoms with Gasteiger partial charge in [0.25, 0.3) is 5.91 Å². The van der Waals surface area contributed by atoms with Crippen molar-refractivity contribution in [3.63, 3.8) is 0 Å². The molecule has 0 unspecified atom stereocenters. The van der Waals surface area contributed by atoms with Gasteiger partial charge in [0, 0.05) is 44.6 Å². The van der Waals surface area contributed by atoms with Gasteiger partial charge in [0.05, 0.1) is 6.61 Å². The van der Waals surface area contributed by atoms with Gasteiger partial charge in [0.1, 0.15) is 5.69 Å². The Morgan fingerprint density at radius 3 is 3.09 bits per heavy atom. The maximum atomic E-state index is 12.6. The minimum absolute atomic E-state index is 0.0398. The van der Waals surface area contributed by atoms with Gasteiger partial charge in [0.15, 0.2) is 5.13 Å². The smallest absolute Gasteiger partial charge is 0.273 e. The topological polar surface area (TPSA) is 74.7 Å². The summed E-state index contributed by atoms with van der Waals surface area (Å²) in [7, 11) is 3.48. The van der Waals surface area contributed by atoms with Crippen molar-refractivity contribution < 1.29 is 14.6 Å². The van der Waals surface area contributed by atoms with Crippen molar-refractivity contribution in [3.8, 4) is 0 Å². The van der Waals surface area contributed by atoms with Crippen molar-refractivity contribution in [1.82, 2.24) is 9.88 Å². The van der Waals surface area contributed by atoms with E-state index in [1.54, 1.807) is 19.5 Å². The predicted molar refractivity (Wildman–Crippen MR) is 87.4 cm³/mol. The molecule has 1 aromatic rings. The summed E-state index contributed by atoms with van der Waals surface area (Å²) in [6, 6.07) is 0. The number of piperidine rings is 1. The van der Waals surface area contributed by atoms with Crippen LogP contribution in [0.15, 0.2) is 5.38 Å². The summed E-state index contributed by atoms with van der Waals surface area (Å²) in [5, 5.41) is 15.3. The zero-order valence-electron chi connectivity index (χ0n) is 13.3. The van der Waals surface area contributed by atoms with Crippen molar-refractivity contribution in [3.05, 3.63) is 11.1 Å². The van der Waals surface area contributed by atoms with Crippen LogP contribution >= 0.6 is 11.3 Å². The van der Waals surface area contributed by atoms with Gasteiger partial charge < -0.3 is 20.1 Å². The summed E-state index contributed by atoms with van der Waals surface area (Å²) in [4.78, 5) is 18.7. The van der Waals surface area contributed by atoms with Gasteiger partial charge in [0.2, 0.25) is 0 Å². The minimum atomic E-state index is -0.200. The molecule has 1 aromatic heterocycles.